The fourth-order valence-corrected chi connectivity index (χ4v) is 3.71. The van der Waals surface area contributed by atoms with Gasteiger partial charge in [-0.05, 0) is 55.3 Å². The van der Waals surface area contributed by atoms with Crippen molar-refractivity contribution in [2.24, 2.45) is 0 Å². The predicted molar refractivity (Wildman–Crippen MR) is 124 cm³/mol. The number of fused-ring (bicyclic) bond motifs is 1. The highest BCUT2D eigenvalue weighted by Crippen LogP contribution is 2.35. The van der Waals surface area contributed by atoms with Crippen LogP contribution in [0.25, 0.3) is 33.6 Å². The molecule has 31 heavy (non-hydrogen) atoms. The predicted octanol–water partition coefficient (Wildman–Crippen LogP) is 6.03. The van der Waals surface area contributed by atoms with Crippen LogP contribution >= 0.6 is 0 Å². The van der Waals surface area contributed by atoms with Gasteiger partial charge < -0.3 is 10.1 Å². The third-order valence-electron chi connectivity index (χ3n) is 5.47. The van der Waals surface area contributed by atoms with Gasteiger partial charge in [-0.2, -0.15) is 0 Å². The highest BCUT2D eigenvalue weighted by atomic mass is 16.5. The number of carbonyl (C=O) groups excluding carboxylic acids is 1. The van der Waals surface area contributed by atoms with Crippen molar-refractivity contribution in [2.45, 2.75) is 13.8 Å². The van der Waals surface area contributed by atoms with Gasteiger partial charge in [-0.15, -0.1) is 0 Å². The summed E-state index contributed by atoms with van der Waals surface area (Å²) in [6.07, 6.45) is 0. The van der Waals surface area contributed by atoms with Crippen molar-refractivity contribution in [3.05, 3.63) is 90.0 Å². The Morgan fingerprint density at radius 1 is 0.710 bits per heavy atom. The highest BCUT2D eigenvalue weighted by molar-refractivity contribution is 5.96. The van der Waals surface area contributed by atoms with Crippen LogP contribution in [0, 0.1) is 13.8 Å². The molecule has 3 aromatic carbocycles. The Hall–Kier alpha value is -3.92. The first-order chi connectivity index (χ1) is 15.0. The minimum Gasteiger partial charge on any atom is -0.482 e. The average molecular weight is 406 g/mol. The van der Waals surface area contributed by atoms with Crippen molar-refractivity contribution in [1.29, 1.82) is 0 Å². The van der Waals surface area contributed by atoms with Gasteiger partial charge in [-0.3, -0.25) is 4.79 Å². The van der Waals surface area contributed by atoms with E-state index in [4.69, 9.17) is 9.72 Å². The molecule has 4 aromatic rings. The second-order valence-corrected chi connectivity index (χ2v) is 7.91. The number of benzene rings is 3. The molecule has 4 heteroatoms. The molecule has 0 fully saturated rings. The third-order valence-corrected chi connectivity index (χ3v) is 5.47. The van der Waals surface area contributed by atoms with Crippen molar-refractivity contribution < 1.29 is 9.53 Å². The lowest BCUT2D eigenvalue weighted by atomic mass is 9.98. The summed E-state index contributed by atoms with van der Waals surface area (Å²) in [5, 5.41) is 2.88. The Labute approximate surface area is 181 Å². The summed E-state index contributed by atoms with van der Waals surface area (Å²) in [5.41, 5.74) is 9.08. The number of aromatic nitrogens is 1. The van der Waals surface area contributed by atoms with Crippen LogP contribution in [0.4, 0.5) is 5.69 Å². The quantitative estimate of drug-likeness (QED) is 0.452. The molecule has 0 saturated heterocycles. The van der Waals surface area contributed by atoms with Crippen molar-refractivity contribution in [1.82, 2.24) is 4.98 Å². The molecule has 2 heterocycles. The number of pyridine rings is 1. The topological polar surface area (TPSA) is 51.2 Å². The van der Waals surface area contributed by atoms with Crippen LogP contribution in [0.2, 0.25) is 0 Å². The zero-order valence-corrected chi connectivity index (χ0v) is 17.5. The van der Waals surface area contributed by atoms with Gasteiger partial charge in [0, 0.05) is 11.1 Å². The van der Waals surface area contributed by atoms with E-state index < -0.39 is 0 Å². The number of anilines is 1. The van der Waals surface area contributed by atoms with Gasteiger partial charge in [0.1, 0.15) is 5.75 Å². The summed E-state index contributed by atoms with van der Waals surface area (Å²) in [7, 11) is 0. The largest absolute Gasteiger partial charge is 0.482 e. The van der Waals surface area contributed by atoms with Crippen LogP contribution < -0.4 is 10.1 Å². The lowest BCUT2D eigenvalue weighted by Crippen LogP contribution is -2.25. The van der Waals surface area contributed by atoms with E-state index in [1.807, 2.05) is 18.2 Å². The van der Waals surface area contributed by atoms with Crippen molar-refractivity contribution in [2.75, 3.05) is 11.9 Å². The van der Waals surface area contributed by atoms with Gasteiger partial charge in [0.2, 0.25) is 0 Å². The summed E-state index contributed by atoms with van der Waals surface area (Å²) < 4.78 is 5.50. The summed E-state index contributed by atoms with van der Waals surface area (Å²) in [6, 6.07) is 26.9. The van der Waals surface area contributed by atoms with E-state index in [9.17, 15) is 4.79 Å². The first-order valence-corrected chi connectivity index (χ1v) is 10.3. The fourth-order valence-electron chi connectivity index (χ4n) is 3.71. The Bertz CT molecular complexity index is 1210. The molecule has 0 aliphatic carbocycles. The molecule has 0 bridgehead atoms. The van der Waals surface area contributed by atoms with Crippen LogP contribution in [0.5, 0.6) is 5.75 Å². The van der Waals surface area contributed by atoms with E-state index in [2.05, 4.69) is 79.8 Å². The maximum atomic E-state index is 11.8. The number of aryl methyl sites for hydroxylation is 2. The monoisotopic (exact) mass is 406 g/mol. The van der Waals surface area contributed by atoms with Crippen LogP contribution in [-0.2, 0) is 4.79 Å². The SMILES string of the molecule is Cc1ccc(-c2cc(-c3ccc(C)cc3)nc(-c3ccc4c(c3)NC(=O)CO4)c2)cc1. The molecule has 1 aromatic heterocycles. The molecule has 0 radical (unpaired) electrons. The summed E-state index contributed by atoms with van der Waals surface area (Å²) in [6.45, 7) is 4.21. The molecule has 5 rings (SSSR count). The second-order valence-electron chi connectivity index (χ2n) is 7.91. The first kappa shape index (κ1) is 19.1. The second kappa shape index (κ2) is 7.73. The average Bonchev–Trinajstić information content (AvgIpc) is 2.79. The molecule has 0 unspecified atom stereocenters. The van der Waals surface area contributed by atoms with Crippen molar-refractivity contribution >= 4 is 11.6 Å². The minimum atomic E-state index is -0.147. The Balaban J connectivity index is 1.66. The molecule has 1 N–H and O–H groups in total. The lowest BCUT2D eigenvalue weighted by molar-refractivity contribution is -0.118. The van der Waals surface area contributed by atoms with Crippen LogP contribution in [-0.4, -0.2) is 17.5 Å². The maximum Gasteiger partial charge on any atom is 0.262 e. The maximum absolute atomic E-state index is 11.8. The molecule has 1 aliphatic heterocycles. The van der Waals surface area contributed by atoms with Crippen molar-refractivity contribution in [3.63, 3.8) is 0 Å². The molecule has 1 aliphatic rings. The smallest absolute Gasteiger partial charge is 0.262 e. The van der Waals surface area contributed by atoms with Gasteiger partial charge in [-0.1, -0.05) is 59.7 Å². The number of carbonyl (C=O) groups is 1. The summed E-state index contributed by atoms with van der Waals surface area (Å²) in [5.74, 6) is 0.531. The number of hydrogen-bond acceptors (Lipinski definition) is 3. The molecule has 0 saturated carbocycles. The van der Waals surface area contributed by atoms with Crippen LogP contribution in [0.15, 0.2) is 78.9 Å². The fraction of sp³-hybridized carbons (Fsp3) is 0.111. The number of amides is 1. The minimum absolute atomic E-state index is 0.0467. The Kier molecular flexibility index (Phi) is 4.75. The van der Waals surface area contributed by atoms with Crippen LogP contribution in [0.3, 0.4) is 0 Å². The number of nitrogens with one attached hydrogen (secondary N) is 1. The standard InChI is InChI=1S/C27H22N2O2/c1-17-3-7-19(8-4-17)22-14-23(20-9-5-18(2)6-10-20)28-24(15-22)21-11-12-26-25(13-21)29-27(30)16-31-26/h3-15H,16H2,1-2H3,(H,29,30). The number of rotatable bonds is 3. The molecule has 152 valence electrons. The summed E-state index contributed by atoms with van der Waals surface area (Å²) >= 11 is 0. The summed E-state index contributed by atoms with van der Waals surface area (Å²) in [4.78, 5) is 16.7. The van der Waals surface area contributed by atoms with E-state index in [1.165, 1.54) is 11.1 Å². The lowest BCUT2D eigenvalue weighted by Gasteiger charge is -2.19. The number of ether oxygens (including phenoxy) is 1. The first-order valence-electron chi connectivity index (χ1n) is 10.3. The Morgan fingerprint density at radius 3 is 1.97 bits per heavy atom. The van der Waals surface area contributed by atoms with Gasteiger partial charge in [-0.25, -0.2) is 4.98 Å². The number of nitrogens with zero attached hydrogens (tertiary/aromatic N) is 1. The third kappa shape index (κ3) is 3.92. The van der Waals surface area contributed by atoms with Gasteiger partial charge in [0.05, 0.1) is 17.1 Å². The van der Waals surface area contributed by atoms with E-state index in [0.717, 1.165) is 33.6 Å². The zero-order chi connectivity index (χ0) is 21.4. The zero-order valence-electron chi connectivity index (χ0n) is 17.5. The molecule has 0 spiro atoms. The van der Waals surface area contributed by atoms with Crippen molar-refractivity contribution in [3.8, 4) is 39.4 Å². The molecular weight excluding hydrogens is 384 g/mol. The van der Waals surface area contributed by atoms with Gasteiger partial charge in [0.15, 0.2) is 6.61 Å². The van der Waals surface area contributed by atoms with Crippen LogP contribution in [0.1, 0.15) is 11.1 Å². The molecule has 4 nitrogen and oxygen atoms in total. The van der Waals surface area contributed by atoms with E-state index in [0.29, 0.717) is 11.4 Å². The van der Waals surface area contributed by atoms with E-state index in [-0.39, 0.29) is 12.5 Å². The van der Waals surface area contributed by atoms with Gasteiger partial charge in [0.25, 0.3) is 5.91 Å². The van der Waals surface area contributed by atoms with E-state index in [1.54, 1.807) is 0 Å². The van der Waals surface area contributed by atoms with Gasteiger partial charge >= 0.3 is 0 Å². The molecular formula is C27H22N2O2. The molecule has 0 atom stereocenters. The highest BCUT2D eigenvalue weighted by Gasteiger charge is 2.17. The molecule has 1 amide bonds. The number of hydrogen-bond donors (Lipinski definition) is 1. The normalized spacial score (nSPS) is 12.6. The van der Waals surface area contributed by atoms with E-state index >= 15 is 0 Å². The Morgan fingerprint density at radius 2 is 1.29 bits per heavy atom.